The highest BCUT2D eigenvalue weighted by molar-refractivity contribution is 5.15. The van der Waals surface area contributed by atoms with Crippen LogP contribution in [-0.4, -0.2) is 42.3 Å². The Hall–Kier alpha value is -0.900. The molecule has 0 saturated carbocycles. The highest BCUT2D eigenvalue weighted by Gasteiger charge is 2.44. The summed E-state index contributed by atoms with van der Waals surface area (Å²) in [6, 6.07) is 10.8. The van der Waals surface area contributed by atoms with Gasteiger partial charge in [0.25, 0.3) is 0 Å². The summed E-state index contributed by atoms with van der Waals surface area (Å²) in [5.41, 5.74) is 1.59. The van der Waals surface area contributed by atoms with Crippen LogP contribution in [-0.2, 0) is 11.3 Å². The van der Waals surface area contributed by atoms with Gasteiger partial charge in [0.1, 0.15) is 0 Å². The molecule has 2 aliphatic rings. The molecular formula is C17H26N2O. The van der Waals surface area contributed by atoms with E-state index in [0.29, 0.717) is 0 Å². The van der Waals surface area contributed by atoms with Crippen molar-refractivity contribution in [1.29, 1.82) is 0 Å². The number of ether oxygens (including phenoxy) is 1. The first-order chi connectivity index (χ1) is 9.60. The number of rotatable bonds is 2. The third kappa shape index (κ3) is 2.90. The molecule has 0 aliphatic carbocycles. The van der Waals surface area contributed by atoms with Gasteiger partial charge in [-0.05, 0) is 45.3 Å². The van der Waals surface area contributed by atoms with Crippen molar-refractivity contribution in [1.82, 2.24) is 10.2 Å². The number of benzene rings is 1. The van der Waals surface area contributed by atoms with Crippen LogP contribution < -0.4 is 5.32 Å². The van der Waals surface area contributed by atoms with Crippen molar-refractivity contribution in [2.24, 2.45) is 0 Å². The van der Waals surface area contributed by atoms with E-state index in [2.05, 4.69) is 54.4 Å². The Bertz CT molecular complexity index is 438. The molecule has 2 heterocycles. The fourth-order valence-corrected chi connectivity index (χ4v) is 3.29. The molecule has 1 aromatic carbocycles. The Morgan fingerprint density at radius 2 is 1.85 bits per heavy atom. The molecule has 1 aromatic rings. The van der Waals surface area contributed by atoms with Gasteiger partial charge >= 0.3 is 0 Å². The van der Waals surface area contributed by atoms with Crippen LogP contribution in [0.3, 0.4) is 0 Å². The number of nitrogens with one attached hydrogen (secondary N) is 1. The van der Waals surface area contributed by atoms with Gasteiger partial charge in [0.15, 0.2) is 0 Å². The second-order valence-electron chi connectivity index (χ2n) is 6.88. The van der Waals surface area contributed by atoms with Crippen molar-refractivity contribution in [2.45, 2.75) is 44.4 Å². The second-order valence-corrected chi connectivity index (χ2v) is 6.88. The minimum Gasteiger partial charge on any atom is -0.372 e. The van der Waals surface area contributed by atoms with E-state index in [4.69, 9.17) is 4.74 Å². The van der Waals surface area contributed by atoms with E-state index in [0.717, 1.165) is 45.6 Å². The van der Waals surface area contributed by atoms with Gasteiger partial charge in [-0.1, -0.05) is 30.3 Å². The van der Waals surface area contributed by atoms with Crippen molar-refractivity contribution < 1.29 is 4.74 Å². The molecule has 20 heavy (non-hydrogen) atoms. The van der Waals surface area contributed by atoms with Crippen LogP contribution in [0.2, 0.25) is 0 Å². The molecule has 3 rings (SSSR count). The zero-order chi connectivity index (χ0) is 14.1. The fraction of sp³-hybridized carbons (Fsp3) is 0.647. The van der Waals surface area contributed by atoms with Crippen LogP contribution in [0.4, 0.5) is 0 Å². The molecule has 0 atom stereocenters. The lowest BCUT2D eigenvalue weighted by Crippen LogP contribution is -2.63. The highest BCUT2D eigenvalue weighted by Crippen LogP contribution is 2.34. The van der Waals surface area contributed by atoms with Crippen LogP contribution in [0.15, 0.2) is 30.3 Å². The van der Waals surface area contributed by atoms with Crippen LogP contribution in [0.25, 0.3) is 0 Å². The van der Waals surface area contributed by atoms with E-state index in [1.54, 1.807) is 0 Å². The monoisotopic (exact) mass is 274 g/mol. The number of nitrogens with zero attached hydrogens (tertiary/aromatic N) is 1. The van der Waals surface area contributed by atoms with E-state index in [9.17, 15) is 0 Å². The number of morpholine rings is 1. The highest BCUT2D eigenvalue weighted by atomic mass is 16.5. The van der Waals surface area contributed by atoms with E-state index in [1.807, 2.05) is 0 Å². The molecule has 2 fully saturated rings. The van der Waals surface area contributed by atoms with Gasteiger partial charge in [0.2, 0.25) is 0 Å². The van der Waals surface area contributed by atoms with Gasteiger partial charge < -0.3 is 10.1 Å². The van der Waals surface area contributed by atoms with E-state index in [-0.39, 0.29) is 11.1 Å². The molecule has 2 aliphatic heterocycles. The minimum atomic E-state index is 0.0789. The van der Waals surface area contributed by atoms with Crippen molar-refractivity contribution >= 4 is 0 Å². The second kappa shape index (κ2) is 5.47. The Balaban J connectivity index is 1.75. The molecule has 0 aromatic heterocycles. The van der Waals surface area contributed by atoms with Crippen LogP contribution in [0, 0.1) is 0 Å². The molecule has 110 valence electrons. The Labute approximate surface area is 122 Å². The zero-order valence-electron chi connectivity index (χ0n) is 12.7. The maximum Gasteiger partial charge on any atom is 0.0834 e. The molecule has 3 nitrogen and oxygen atoms in total. The predicted octanol–water partition coefficient (Wildman–Crippen LogP) is 2.42. The Kier molecular flexibility index (Phi) is 3.85. The lowest BCUT2D eigenvalue weighted by molar-refractivity contribution is -0.173. The first-order valence-electron chi connectivity index (χ1n) is 7.73. The van der Waals surface area contributed by atoms with Crippen LogP contribution in [0.1, 0.15) is 32.3 Å². The molecule has 3 heteroatoms. The van der Waals surface area contributed by atoms with Crippen molar-refractivity contribution in [3.63, 3.8) is 0 Å². The SMILES string of the molecule is CC1(C)COC2(CCNCC2)CN1Cc1ccccc1. The Morgan fingerprint density at radius 1 is 1.15 bits per heavy atom. The fourth-order valence-electron chi connectivity index (χ4n) is 3.29. The molecule has 1 spiro atoms. The number of hydrogen-bond donors (Lipinski definition) is 1. The first kappa shape index (κ1) is 14.1. The van der Waals surface area contributed by atoms with Gasteiger partial charge in [0.05, 0.1) is 12.2 Å². The van der Waals surface area contributed by atoms with E-state index >= 15 is 0 Å². The summed E-state index contributed by atoms with van der Waals surface area (Å²) in [7, 11) is 0. The molecule has 0 bridgehead atoms. The number of piperidine rings is 1. The van der Waals surface area contributed by atoms with Gasteiger partial charge in [-0.25, -0.2) is 0 Å². The lowest BCUT2D eigenvalue weighted by Gasteiger charge is -2.52. The molecule has 0 radical (unpaired) electrons. The smallest absolute Gasteiger partial charge is 0.0834 e. The average Bonchev–Trinajstić information content (AvgIpc) is 2.46. The van der Waals surface area contributed by atoms with Crippen LogP contribution >= 0.6 is 0 Å². The molecule has 2 saturated heterocycles. The summed E-state index contributed by atoms with van der Waals surface area (Å²) in [5.74, 6) is 0. The number of hydrogen-bond acceptors (Lipinski definition) is 3. The average molecular weight is 274 g/mol. The molecule has 1 N–H and O–H groups in total. The lowest BCUT2D eigenvalue weighted by atomic mass is 9.86. The van der Waals surface area contributed by atoms with Gasteiger partial charge in [-0.3, -0.25) is 4.90 Å². The van der Waals surface area contributed by atoms with Crippen molar-refractivity contribution in [3.05, 3.63) is 35.9 Å². The standard InChI is InChI=1S/C17H26N2O/c1-16(2)14-20-17(8-10-18-11-9-17)13-19(16)12-15-6-4-3-5-7-15/h3-7,18H,8-14H2,1-2H3. The summed E-state index contributed by atoms with van der Waals surface area (Å²) in [6.07, 6.45) is 2.27. The van der Waals surface area contributed by atoms with E-state index in [1.165, 1.54) is 5.56 Å². The summed E-state index contributed by atoms with van der Waals surface area (Å²) in [4.78, 5) is 2.61. The predicted molar refractivity (Wildman–Crippen MR) is 81.7 cm³/mol. The topological polar surface area (TPSA) is 24.5 Å². The van der Waals surface area contributed by atoms with Crippen molar-refractivity contribution in [3.8, 4) is 0 Å². The molecule has 0 amide bonds. The largest absolute Gasteiger partial charge is 0.372 e. The summed E-state index contributed by atoms with van der Waals surface area (Å²) < 4.78 is 6.31. The summed E-state index contributed by atoms with van der Waals surface area (Å²) in [5, 5.41) is 3.44. The van der Waals surface area contributed by atoms with Crippen LogP contribution in [0.5, 0.6) is 0 Å². The molecular weight excluding hydrogens is 248 g/mol. The normalized spacial score (nSPS) is 25.7. The zero-order valence-corrected chi connectivity index (χ0v) is 12.7. The van der Waals surface area contributed by atoms with Crippen molar-refractivity contribution in [2.75, 3.05) is 26.2 Å². The first-order valence-corrected chi connectivity index (χ1v) is 7.73. The minimum absolute atomic E-state index is 0.0789. The summed E-state index contributed by atoms with van der Waals surface area (Å²) in [6.45, 7) is 9.66. The molecule has 0 unspecified atom stereocenters. The quantitative estimate of drug-likeness (QED) is 0.896. The van der Waals surface area contributed by atoms with Gasteiger partial charge in [-0.2, -0.15) is 0 Å². The van der Waals surface area contributed by atoms with Gasteiger partial charge in [0, 0.05) is 18.6 Å². The maximum atomic E-state index is 6.31. The Morgan fingerprint density at radius 3 is 2.55 bits per heavy atom. The van der Waals surface area contributed by atoms with E-state index < -0.39 is 0 Å². The maximum absolute atomic E-state index is 6.31. The third-order valence-corrected chi connectivity index (χ3v) is 4.80. The third-order valence-electron chi connectivity index (χ3n) is 4.80. The van der Waals surface area contributed by atoms with Gasteiger partial charge in [-0.15, -0.1) is 0 Å². The summed E-state index contributed by atoms with van der Waals surface area (Å²) >= 11 is 0.